The van der Waals surface area contributed by atoms with Crippen molar-refractivity contribution < 1.29 is 27.8 Å². The molecule has 5 nitrogen and oxygen atoms in total. The Morgan fingerprint density at radius 3 is 2.61 bits per heavy atom. The second-order valence-electron chi connectivity index (χ2n) is 7.68. The molecule has 1 heterocycles. The molecule has 1 aliphatic carbocycles. The number of alkyl halides is 2. The first kappa shape index (κ1) is 20.9. The van der Waals surface area contributed by atoms with Crippen molar-refractivity contribution in [2.75, 3.05) is 6.61 Å². The lowest BCUT2D eigenvalue weighted by Gasteiger charge is -2.24. The van der Waals surface area contributed by atoms with Gasteiger partial charge in [0.15, 0.2) is 12.4 Å². The number of benzene rings is 2. The zero-order valence-corrected chi connectivity index (χ0v) is 16.9. The second-order valence-corrected chi connectivity index (χ2v) is 7.68. The minimum atomic E-state index is -2.94. The Hall–Kier alpha value is -3.35. The predicted octanol–water partition coefficient (Wildman–Crippen LogP) is 5.00. The van der Waals surface area contributed by atoms with E-state index >= 15 is 0 Å². The number of aryl methyl sites for hydroxylation is 1. The van der Waals surface area contributed by atoms with E-state index in [1.807, 2.05) is 24.3 Å². The van der Waals surface area contributed by atoms with Crippen molar-refractivity contribution in [1.82, 2.24) is 4.98 Å². The molecule has 0 fully saturated rings. The van der Waals surface area contributed by atoms with Gasteiger partial charge in [0.1, 0.15) is 5.75 Å². The Kier molecular flexibility index (Phi) is 5.93. The molecule has 0 saturated heterocycles. The predicted molar refractivity (Wildman–Crippen MR) is 111 cm³/mol. The molecule has 3 aromatic rings. The summed E-state index contributed by atoms with van der Waals surface area (Å²) in [5.41, 5.74) is 3.24. The van der Waals surface area contributed by atoms with E-state index < -0.39 is 25.0 Å². The average molecular weight is 425 g/mol. The van der Waals surface area contributed by atoms with Crippen molar-refractivity contribution in [3.05, 3.63) is 70.9 Å². The number of carbonyl (C=O) groups excluding carboxylic acids is 2. The molecule has 0 spiro atoms. The van der Waals surface area contributed by atoms with Crippen LogP contribution < -0.4 is 4.74 Å². The summed E-state index contributed by atoms with van der Waals surface area (Å²) in [6, 6.07) is 12.7. The van der Waals surface area contributed by atoms with Gasteiger partial charge in [-0.3, -0.25) is 9.78 Å². The van der Waals surface area contributed by atoms with Crippen molar-refractivity contribution in [2.24, 2.45) is 5.92 Å². The van der Waals surface area contributed by atoms with Gasteiger partial charge in [0, 0.05) is 16.6 Å². The highest BCUT2D eigenvalue weighted by Crippen LogP contribution is 2.32. The zero-order chi connectivity index (χ0) is 22.0. The highest BCUT2D eigenvalue weighted by molar-refractivity contribution is 6.06. The van der Waals surface area contributed by atoms with Crippen LogP contribution in [0.3, 0.4) is 0 Å². The molecule has 7 heteroatoms. The number of ketones is 1. The molecule has 0 radical (unpaired) electrons. The third-order valence-corrected chi connectivity index (χ3v) is 5.45. The van der Waals surface area contributed by atoms with Crippen LogP contribution in [0, 0.1) is 5.92 Å². The van der Waals surface area contributed by atoms with Gasteiger partial charge in [-0.2, -0.15) is 8.78 Å². The number of carbonyl (C=O) groups is 2. The Bertz CT molecular complexity index is 1130. The molecule has 0 aliphatic heterocycles. The number of ether oxygens (including phenoxy) is 2. The van der Waals surface area contributed by atoms with E-state index in [0.717, 1.165) is 36.0 Å². The molecular weight excluding hydrogens is 404 g/mol. The number of para-hydroxylation sites is 1. The van der Waals surface area contributed by atoms with Crippen LogP contribution in [0.2, 0.25) is 0 Å². The number of halogens is 2. The molecule has 0 saturated carbocycles. The van der Waals surface area contributed by atoms with Crippen LogP contribution in [-0.2, 0) is 17.6 Å². The lowest BCUT2D eigenvalue weighted by atomic mass is 9.84. The molecule has 0 N–H and O–H groups in total. The van der Waals surface area contributed by atoms with Gasteiger partial charge in [-0.05, 0) is 61.1 Å². The Morgan fingerprint density at radius 1 is 1.13 bits per heavy atom. The number of hydrogen-bond acceptors (Lipinski definition) is 5. The molecule has 1 aromatic heterocycles. The Morgan fingerprint density at radius 2 is 1.87 bits per heavy atom. The topological polar surface area (TPSA) is 65.5 Å². The standard InChI is InChI=1S/C24H21F2NO4/c1-14-6-11-20-18(12-14)22(17-4-2-3-5-19(17)27-20)23(29)30-13-21(28)15-7-9-16(10-8-15)31-24(25)26/h2-5,7-10,14,24H,6,11-13H2,1H3/t14-/m0/s1. The monoisotopic (exact) mass is 425 g/mol. The molecule has 31 heavy (non-hydrogen) atoms. The quantitative estimate of drug-likeness (QED) is 0.411. The van der Waals surface area contributed by atoms with Gasteiger partial charge in [-0.15, -0.1) is 0 Å². The zero-order valence-electron chi connectivity index (χ0n) is 16.9. The van der Waals surface area contributed by atoms with Crippen LogP contribution in [0.15, 0.2) is 48.5 Å². The number of nitrogens with zero attached hydrogens (tertiary/aromatic N) is 1. The molecule has 0 amide bonds. The lowest BCUT2D eigenvalue weighted by Crippen LogP contribution is -2.21. The number of hydrogen-bond donors (Lipinski definition) is 0. The molecule has 0 unspecified atom stereocenters. The summed E-state index contributed by atoms with van der Waals surface area (Å²) in [6.07, 6.45) is 2.54. The highest BCUT2D eigenvalue weighted by Gasteiger charge is 2.26. The van der Waals surface area contributed by atoms with Gasteiger partial charge in [0.05, 0.1) is 11.1 Å². The summed E-state index contributed by atoms with van der Waals surface area (Å²) < 4.78 is 34.2. The van der Waals surface area contributed by atoms with Crippen molar-refractivity contribution in [3.63, 3.8) is 0 Å². The maximum atomic E-state index is 13.0. The molecule has 1 aliphatic rings. The summed E-state index contributed by atoms with van der Waals surface area (Å²) in [5, 5.41) is 0.710. The number of Topliss-reactive ketones (excluding diaryl/α,β-unsaturated/α-hetero) is 1. The Labute approximate surface area is 178 Å². The summed E-state index contributed by atoms with van der Waals surface area (Å²) in [7, 11) is 0. The lowest BCUT2D eigenvalue weighted by molar-refractivity contribution is -0.0498. The van der Waals surface area contributed by atoms with Crippen molar-refractivity contribution in [1.29, 1.82) is 0 Å². The van der Waals surface area contributed by atoms with Crippen LogP contribution in [0.1, 0.15) is 45.3 Å². The Balaban J connectivity index is 1.55. The van der Waals surface area contributed by atoms with E-state index in [1.165, 1.54) is 24.3 Å². The number of esters is 1. The number of aromatic nitrogens is 1. The van der Waals surface area contributed by atoms with Crippen LogP contribution in [0.4, 0.5) is 8.78 Å². The first-order valence-corrected chi connectivity index (χ1v) is 10.1. The second kappa shape index (κ2) is 8.79. The van der Waals surface area contributed by atoms with Crippen molar-refractivity contribution in [2.45, 2.75) is 32.8 Å². The number of fused-ring (bicyclic) bond motifs is 2. The molecule has 0 bridgehead atoms. The SMILES string of the molecule is C[C@H]1CCc2nc3ccccc3c(C(=O)OCC(=O)c3ccc(OC(F)F)cc3)c2C1. The first-order chi connectivity index (χ1) is 14.9. The first-order valence-electron chi connectivity index (χ1n) is 10.1. The van der Waals surface area contributed by atoms with Crippen molar-refractivity contribution >= 4 is 22.7 Å². The van der Waals surface area contributed by atoms with E-state index in [4.69, 9.17) is 9.72 Å². The third-order valence-electron chi connectivity index (χ3n) is 5.45. The van der Waals surface area contributed by atoms with Gasteiger partial charge in [0.25, 0.3) is 0 Å². The summed E-state index contributed by atoms with van der Waals surface area (Å²) in [6.45, 7) is -1.25. The molecule has 2 aromatic carbocycles. The fraction of sp³-hybridized carbons (Fsp3) is 0.292. The fourth-order valence-electron chi connectivity index (χ4n) is 3.90. The van der Waals surface area contributed by atoms with E-state index in [-0.39, 0.29) is 11.3 Å². The van der Waals surface area contributed by atoms with Gasteiger partial charge in [-0.1, -0.05) is 25.1 Å². The smallest absolute Gasteiger partial charge is 0.387 e. The average Bonchev–Trinajstić information content (AvgIpc) is 2.75. The number of rotatable bonds is 6. The summed E-state index contributed by atoms with van der Waals surface area (Å²) in [4.78, 5) is 30.2. The van der Waals surface area contributed by atoms with Crippen molar-refractivity contribution in [3.8, 4) is 5.75 Å². The third kappa shape index (κ3) is 4.55. The maximum Gasteiger partial charge on any atom is 0.387 e. The highest BCUT2D eigenvalue weighted by atomic mass is 19.3. The summed E-state index contributed by atoms with van der Waals surface area (Å²) in [5.74, 6) is -0.613. The minimum absolute atomic E-state index is 0.0486. The van der Waals surface area contributed by atoms with Crippen LogP contribution >= 0.6 is 0 Å². The van der Waals surface area contributed by atoms with E-state index in [9.17, 15) is 18.4 Å². The molecule has 160 valence electrons. The minimum Gasteiger partial charge on any atom is -0.454 e. The van der Waals surface area contributed by atoms with Crippen LogP contribution in [-0.4, -0.2) is 30.0 Å². The normalized spacial score (nSPS) is 15.5. The number of pyridine rings is 1. The van der Waals surface area contributed by atoms with Gasteiger partial charge in [0.2, 0.25) is 0 Å². The van der Waals surface area contributed by atoms with E-state index in [2.05, 4.69) is 11.7 Å². The van der Waals surface area contributed by atoms with E-state index in [0.29, 0.717) is 16.9 Å². The largest absolute Gasteiger partial charge is 0.454 e. The molecular formula is C24H21F2NO4. The van der Waals surface area contributed by atoms with Crippen LogP contribution in [0.25, 0.3) is 10.9 Å². The fourth-order valence-corrected chi connectivity index (χ4v) is 3.90. The summed E-state index contributed by atoms with van der Waals surface area (Å²) >= 11 is 0. The van der Waals surface area contributed by atoms with Crippen LogP contribution in [0.5, 0.6) is 5.75 Å². The van der Waals surface area contributed by atoms with E-state index in [1.54, 1.807) is 0 Å². The van der Waals surface area contributed by atoms with Gasteiger partial charge < -0.3 is 9.47 Å². The van der Waals surface area contributed by atoms with Gasteiger partial charge in [-0.25, -0.2) is 4.79 Å². The molecule has 4 rings (SSSR count). The van der Waals surface area contributed by atoms with Gasteiger partial charge >= 0.3 is 12.6 Å². The molecule has 1 atom stereocenters. The maximum absolute atomic E-state index is 13.0.